The van der Waals surface area contributed by atoms with E-state index in [1.807, 2.05) is 6.92 Å². The molecule has 1 amide bonds. The summed E-state index contributed by atoms with van der Waals surface area (Å²) >= 11 is 0. The Labute approximate surface area is 167 Å². The van der Waals surface area contributed by atoms with Crippen molar-refractivity contribution in [3.05, 3.63) is 47.2 Å². The molecule has 1 aromatic rings. The average Bonchev–Trinajstić information content (AvgIpc) is 3.50. The van der Waals surface area contributed by atoms with Crippen LogP contribution in [0.5, 0.6) is 0 Å². The van der Waals surface area contributed by atoms with E-state index >= 15 is 0 Å². The third-order valence-electron chi connectivity index (χ3n) is 5.17. The summed E-state index contributed by atoms with van der Waals surface area (Å²) in [5, 5.41) is 12.1. The molecule has 3 atom stereocenters. The molecule has 29 heavy (non-hydrogen) atoms. The van der Waals surface area contributed by atoms with E-state index < -0.39 is 18.0 Å². The lowest BCUT2D eigenvalue weighted by atomic mass is 9.80. The number of benzene rings is 1. The molecule has 3 rings (SSSR count). The number of nitrogens with one attached hydrogen (secondary N) is 1. The van der Waals surface area contributed by atoms with Crippen molar-refractivity contribution in [1.29, 1.82) is 0 Å². The molecule has 0 radical (unpaired) electrons. The van der Waals surface area contributed by atoms with Crippen LogP contribution in [0, 0.1) is 5.92 Å². The molecule has 2 N–H and O–H groups in total. The first-order valence-electron chi connectivity index (χ1n) is 9.92. The van der Waals surface area contributed by atoms with E-state index in [4.69, 9.17) is 9.47 Å². The van der Waals surface area contributed by atoms with Gasteiger partial charge in [0, 0.05) is 31.1 Å². The molecule has 160 valence electrons. The van der Waals surface area contributed by atoms with Gasteiger partial charge in [0.15, 0.2) is 5.76 Å². The van der Waals surface area contributed by atoms with E-state index in [2.05, 4.69) is 5.32 Å². The van der Waals surface area contributed by atoms with Gasteiger partial charge < -0.3 is 19.9 Å². The van der Waals surface area contributed by atoms with Crippen molar-refractivity contribution < 1.29 is 32.5 Å². The molecular formula is C21H26F3NO4. The molecule has 1 saturated carbocycles. The summed E-state index contributed by atoms with van der Waals surface area (Å²) in [6.07, 6.45) is -0.581. The van der Waals surface area contributed by atoms with Crippen molar-refractivity contribution in [1.82, 2.24) is 5.32 Å². The number of hydrogen-bond acceptors (Lipinski definition) is 4. The van der Waals surface area contributed by atoms with Crippen molar-refractivity contribution in [2.75, 3.05) is 13.2 Å². The molecular weight excluding hydrogens is 387 g/mol. The van der Waals surface area contributed by atoms with Crippen LogP contribution in [0.3, 0.4) is 0 Å². The molecule has 0 bridgehead atoms. The maximum absolute atomic E-state index is 12.9. The van der Waals surface area contributed by atoms with Gasteiger partial charge in [-0.05, 0) is 56.4 Å². The Bertz CT molecular complexity index is 728. The number of allylic oxidation sites excluding steroid dienone is 1. The Morgan fingerprint density at radius 2 is 1.97 bits per heavy atom. The Hall–Kier alpha value is -2.06. The van der Waals surface area contributed by atoms with Crippen molar-refractivity contribution in [3.63, 3.8) is 0 Å². The van der Waals surface area contributed by atoms with Crippen LogP contribution in [0.1, 0.15) is 49.7 Å². The van der Waals surface area contributed by atoms with Gasteiger partial charge in [0.05, 0.1) is 5.56 Å². The minimum absolute atomic E-state index is 0.0200. The second-order valence-corrected chi connectivity index (χ2v) is 7.40. The lowest BCUT2D eigenvalue weighted by Crippen LogP contribution is -2.39. The second-order valence-electron chi connectivity index (χ2n) is 7.40. The van der Waals surface area contributed by atoms with Crippen LogP contribution in [-0.4, -0.2) is 36.6 Å². The number of ether oxygens (including phenoxy) is 2. The van der Waals surface area contributed by atoms with E-state index in [1.165, 1.54) is 12.1 Å². The van der Waals surface area contributed by atoms with Gasteiger partial charge in [-0.2, -0.15) is 13.2 Å². The molecule has 1 aromatic carbocycles. The third kappa shape index (κ3) is 5.51. The van der Waals surface area contributed by atoms with Crippen LogP contribution in [0.25, 0.3) is 0 Å². The quantitative estimate of drug-likeness (QED) is 0.682. The molecule has 0 spiro atoms. The summed E-state index contributed by atoms with van der Waals surface area (Å²) in [5.74, 6) is -0.819. The van der Waals surface area contributed by atoms with Crippen LogP contribution < -0.4 is 5.32 Å². The lowest BCUT2D eigenvalue weighted by molar-refractivity contribution is -0.166. The largest absolute Gasteiger partial charge is 0.459 e. The number of hydrogen-bond donors (Lipinski definition) is 2. The Balaban J connectivity index is 1.92. The predicted octanol–water partition coefficient (Wildman–Crippen LogP) is 3.73. The van der Waals surface area contributed by atoms with Gasteiger partial charge in [0.2, 0.25) is 6.29 Å². The maximum Gasteiger partial charge on any atom is 0.416 e. The topological polar surface area (TPSA) is 67.8 Å². The van der Waals surface area contributed by atoms with E-state index in [0.717, 1.165) is 25.0 Å². The number of alkyl halides is 3. The smallest absolute Gasteiger partial charge is 0.416 e. The molecule has 0 aromatic heterocycles. The summed E-state index contributed by atoms with van der Waals surface area (Å²) < 4.78 is 50.3. The summed E-state index contributed by atoms with van der Waals surface area (Å²) in [6, 6.07) is 5.10. The molecule has 8 heteroatoms. The van der Waals surface area contributed by atoms with Crippen LogP contribution in [0.2, 0.25) is 0 Å². The van der Waals surface area contributed by atoms with Gasteiger partial charge in [-0.1, -0.05) is 12.1 Å². The highest BCUT2D eigenvalue weighted by atomic mass is 19.4. The molecule has 0 unspecified atom stereocenters. The number of amides is 1. The molecule has 1 aliphatic heterocycles. The second kappa shape index (κ2) is 9.17. The average molecular weight is 413 g/mol. The highest BCUT2D eigenvalue weighted by molar-refractivity contribution is 5.92. The van der Waals surface area contributed by atoms with Gasteiger partial charge in [0.25, 0.3) is 5.91 Å². The van der Waals surface area contributed by atoms with Crippen molar-refractivity contribution in [2.24, 2.45) is 5.92 Å². The lowest BCUT2D eigenvalue weighted by Gasteiger charge is -2.37. The van der Waals surface area contributed by atoms with E-state index in [-0.39, 0.29) is 36.2 Å². The SMILES string of the molecule is CCO[C@H]1OC(C(=O)NC2CC2)=C[C@@H](c2ccc(C(F)(F)F)cc2)[C@@H]1CCCO. The number of halogens is 3. The van der Waals surface area contributed by atoms with Crippen LogP contribution in [0.15, 0.2) is 36.1 Å². The van der Waals surface area contributed by atoms with Gasteiger partial charge >= 0.3 is 6.18 Å². The number of carbonyl (C=O) groups is 1. The van der Waals surface area contributed by atoms with Crippen LogP contribution in [-0.2, 0) is 20.4 Å². The fraction of sp³-hybridized carbons (Fsp3) is 0.571. The maximum atomic E-state index is 12.9. The molecule has 2 aliphatic rings. The predicted molar refractivity (Wildman–Crippen MR) is 99.7 cm³/mol. The molecule has 1 aliphatic carbocycles. The van der Waals surface area contributed by atoms with Gasteiger partial charge in [-0.25, -0.2) is 0 Å². The highest BCUT2D eigenvalue weighted by Gasteiger charge is 2.39. The number of aliphatic hydroxyl groups is 1. The fourth-order valence-electron chi connectivity index (χ4n) is 3.52. The van der Waals surface area contributed by atoms with Gasteiger partial charge in [0.1, 0.15) is 0 Å². The Morgan fingerprint density at radius 3 is 2.52 bits per heavy atom. The monoisotopic (exact) mass is 413 g/mol. The minimum Gasteiger partial charge on any atom is -0.459 e. The Morgan fingerprint density at radius 1 is 1.28 bits per heavy atom. The number of rotatable bonds is 8. The van der Waals surface area contributed by atoms with Crippen molar-refractivity contribution in [3.8, 4) is 0 Å². The van der Waals surface area contributed by atoms with Gasteiger partial charge in [-0.15, -0.1) is 0 Å². The normalized spacial score (nSPS) is 24.6. The summed E-state index contributed by atoms with van der Waals surface area (Å²) in [5.41, 5.74) is -0.0806. The fourth-order valence-corrected chi connectivity index (χ4v) is 3.52. The number of carbonyl (C=O) groups excluding carboxylic acids is 1. The summed E-state index contributed by atoms with van der Waals surface area (Å²) in [6.45, 7) is 2.15. The molecule has 1 fully saturated rings. The standard InChI is InChI=1S/C21H26F3NO4/c1-2-28-20-16(4-3-11-26)17(12-18(29-20)19(27)25-15-9-10-15)13-5-7-14(8-6-13)21(22,23)24/h5-8,12,15-17,20,26H,2-4,9-11H2,1H3,(H,25,27)/t16-,17-,20-/m0/s1. The van der Waals surface area contributed by atoms with Crippen LogP contribution in [0.4, 0.5) is 13.2 Å². The summed E-state index contributed by atoms with van der Waals surface area (Å²) in [4.78, 5) is 12.5. The molecule has 0 saturated heterocycles. The molecule has 1 heterocycles. The first-order chi connectivity index (χ1) is 13.8. The van der Waals surface area contributed by atoms with E-state index in [0.29, 0.717) is 25.0 Å². The Kier molecular flexibility index (Phi) is 6.85. The van der Waals surface area contributed by atoms with Crippen molar-refractivity contribution in [2.45, 2.75) is 57.0 Å². The zero-order valence-corrected chi connectivity index (χ0v) is 16.2. The highest BCUT2D eigenvalue weighted by Crippen LogP contribution is 2.40. The van der Waals surface area contributed by atoms with E-state index in [9.17, 15) is 23.1 Å². The minimum atomic E-state index is -4.41. The van der Waals surface area contributed by atoms with Crippen LogP contribution >= 0.6 is 0 Å². The zero-order chi connectivity index (χ0) is 21.0. The van der Waals surface area contributed by atoms with E-state index in [1.54, 1.807) is 6.08 Å². The number of aliphatic hydroxyl groups excluding tert-OH is 1. The third-order valence-corrected chi connectivity index (χ3v) is 5.17. The van der Waals surface area contributed by atoms with Crippen molar-refractivity contribution >= 4 is 5.91 Å². The first-order valence-corrected chi connectivity index (χ1v) is 9.92. The molecule has 5 nitrogen and oxygen atoms in total. The zero-order valence-electron chi connectivity index (χ0n) is 16.2. The van der Waals surface area contributed by atoms with Gasteiger partial charge in [-0.3, -0.25) is 4.79 Å². The summed E-state index contributed by atoms with van der Waals surface area (Å²) in [7, 11) is 0. The first kappa shape index (κ1) is 21.6.